The fraction of sp³-hybridized carbons (Fsp3) is 0.326. The molecule has 3 aromatic carbocycles. The van der Waals surface area contributed by atoms with E-state index in [0.29, 0.717) is 17.5 Å². The van der Waals surface area contributed by atoms with Crippen LogP contribution >= 0.6 is 0 Å². The lowest BCUT2D eigenvalue weighted by atomic mass is 9.64. The number of carboxylic acids is 1. The molecule has 1 saturated heterocycles. The van der Waals surface area contributed by atoms with Gasteiger partial charge in [-0.3, -0.25) is 10.4 Å². The number of carboxylic acid groups (broad SMARTS) is 1. The largest absolute Gasteiger partial charge is 0.508 e. The van der Waals surface area contributed by atoms with E-state index in [9.17, 15) is 50.8 Å². The minimum atomic E-state index is -2.65. The van der Waals surface area contributed by atoms with Gasteiger partial charge in [0, 0.05) is 12.1 Å². The highest BCUT2D eigenvalue weighted by Gasteiger charge is 2.70. The molecule has 8 rings (SSSR count). The van der Waals surface area contributed by atoms with Crippen LogP contribution in [-0.2, 0) is 22.6 Å². The molecule has 4 aliphatic heterocycles. The number of aryl methyl sites for hydroxylation is 1. The molecule has 324 valence electrons. The standard InChI is InChI=1S/C43H42N4O15/c1-2-20-11-21(13-23(49)12-20)18-58-37-31(61-41-42(56)10-9-25(27-16-45-19-46-27)43(57,40(42)55)38(62-41)39(53)54)15-30-34(36(37)52)28(50)14-29(60-30)22-3-5-24(6-4-22)59-32(17-48)35(51)26-7-8-33(44)47-26/h3-15,19,25,29,32,35,38,40-41,44,48-52,55-57H,2,16-18H2,1H3,(H,53,54)/t25-,29?,32+,35+,38+,40-,41+,42+,43+/m0/s1. The van der Waals surface area contributed by atoms with Crippen molar-refractivity contribution in [3.8, 4) is 34.5 Å². The molecule has 1 aliphatic carbocycles. The molecule has 10 N–H and O–H groups in total. The highest BCUT2D eigenvalue weighted by atomic mass is 16.7. The van der Waals surface area contributed by atoms with Crippen LogP contribution in [0.5, 0.6) is 34.5 Å². The van der Waals surface area contributed by atoms with Crippen LogP contribution in [0.3, 0.4) is 0 Å². The lowest BCUT2D eigenvalue weighted by molar-refractivity contribution is -0.337. The summed E-state index contributed by atoms with van der Waals surface area (Å²) in [7, 11) is 0. The smallest absolute Gasteiger partial charge is 0.336 e. The molecule has 3 aromatic rings. The van der Waals surface area contributed by atoms with E-state index in [1.165, 1.54) is 54.9 Å². The van der Waals surface area contributed by atoms with Crippen molar-refractivity contribution in [2.24, 2.45) is 20.9 Å². The van der Waals surface area contributed by atoms with Crippen LogP contribution < -0.4 is 18.9 Å². The number of benzene rings is 3. The SMILES string of the molecule is CCc1cc(O)cc(COc2c(O[C@@H]3O[C@H](C(=O)O)[C@]4(O)[C@H](C5=NC=NC5)C=C[C@@]3(O)[C@@H]4O)cc3c(c2O)C(O)=CC(c2ccc(O[C@H](CO)[C@H](O)C4=NC(=N)C=C4)cc2)O3)c1. The van der Waals surface area contributed by atoms with E-state index in [1.807, 2.05) is 6.92 Å². The number of phenolic OH excluding ortho intramolecular Hbond substituents is 2. The molecule has 1 unspecified atom stereocenters. The van der Waals surface area contributed by atoms with Crippen molar-refractivity contribution in [2.45, 2.75) is 68.0 Å². The number of aromatic hydroxyl groups is 2. The molecule has 2 bridgehead atoms. The topological polar surface area (TPSA) is 306 Å². The second-order valence-corrected chi connectivity index (χ2v) is 15.2. The summed E-state index contributed by atoms with van der Waals surface area (Å²) in [5.74, 6) is -4.96. The number of nitrogens with one attached hydrogen (secondary N) is 1. The van der Waals surface area contributed by atoms with Crippen LogP contribution in [0, 0.1) is 11.3 Å². The summed E-state index contributed by atoms with van der Waals surface area (Å²) in [6.45, 7) is 1.03. The number of hydrogen-bond donors (Lipinski definition) is 10. The first-order chi connectivity index (χ1) is 29.6. The Morgan fingerprint density at radius 3 is 2.48 bits per heavy atom. The average molecular weight is 855 g/mol. The number of aliphatic hydroxyl groups is 6. The van der Waals surface area contributed by atoms with E-state index in [4.69, 9.17) is 29.1 Å². The second kappa shape index (κ2) is 16.3. The van der Waals surface area contributed by atoms with Crippen LogP contribution in [-0.4, -0.2) is 131 Å². The monoisotopic (exact) mass is 854 g/mol. The van der Waals surface area contributed by atoms with Crippen molar-refractivity contribution in [1.82, 2.24) is 0 Å². The normalized spacial score (nSPS) is 28.0. The van der Waals surface area contributed by atoms with Gasteiger partial charge in [0.05, 0.1) is 30.5 Å². The molecule has 0 amide bonds. The molecule has 5 aliphatic rings. The van der Waals surface area contributed by atoms with Crippen LogP contribution in [0.1, 0.15) is 35.3 Å². The van der Waals surface area contributed by atoms with Crippen molar-refractivity contribution >= 4 is 35.3 Å². The van der Waals surface area contributed by atoms with Gasteiger partial charge in [-0.2, -0.15) is 0 Å². The molecule has 1 fully saturated rings. The number of aliphatic imine (C=N–C) groups is 3. The third kappa shape index (κ3) is 7.44. The van der Waals surface area contributed by atoms with Gasteiger partial charge in [-0.15, -0.1) is 0 Å². The molecule has 0 spiro atoms. The van der Waals surface area contributed by atoms with Gasteiger partial charge in [-0.1, -0.05) is 31.2 Å². The lowest BCUT2D eigenvalue weighted by Gasteiger charge is -2.55. The Bertz CT molecular complexity index is 2480. The highest BCUT2D eigenvalue weighted by Crippen LogP contribution is 2.53. The number of rotatable bonds is 14. The molecule has 19 heteroatoms. The summed E-state index contributed by atoms with van der Waals surface area (Å²) in [6, 6.07) is 12.2. The fourth-order valence-electron chi connectivity index (χ4n) is 8.00. The van der Waals surface area contributed by atoms with E-state index in [0.717, 1.165) is 11.6 Å². The Kier molecular flexibility index (Phi) is 11.1. The number of aliphatic carboxylic acids is 1. The Hall–Kier alpha value is -6.61. The maximum atomic E-state index is 12.7. The average Bonchev–Trinajstić information content (AvgIpc) is 3.94. The van der Waals surface area contributed by atoms with Crippen molar-refractivity contribution in [3.63, 3.8) is 0 Å². The second-order valence-electron chi connectivity index (χ2n) is 15.2. The number of phenols is 2. The summed E-state index contributed by atoms with van der Waals surface area (Å²) in [4.78, 5) is 24.7. The molecular formula is C43H42N4O15. The molecule has 0 saturated carbocycles. The number of nitrogens with zero attached hydrogens (tertiary/aromatic N) is 3. The molecular weight excluding hydrogens is 812 g/mol. The van der Waals surface area contributed by atoms with Gasteiger partial charge in [0.2, 0.25) is 12.0 Å². The van der Waals surface area contributed by atoms with Crippen LogP contribution in [0.4, 0.5) is 0 Å². The summed E-state index contributed by atoms with van der Waals surface area (Å²) < 4.78 is 30.0. The van der Waals surface area contributed by atoms with Gasteiger partial charge >= 0.3 is 5.97 Å². The van der Waals surface area contributed by atoms with E-state index in [-0.39, 0.29) is 53.2 Å². The van der Waals surface area contributed by atoms with E-state index in [2.05, 4.69) is 15.0 Å². The van der Waals surface area contributed by atoms with Gasteiger partial charge < -0.3 is 69.6 Å². The number of fused-ring (bicyclic) bond motifs is 3. The van der Waals surface area contributed by atoms with Crippen molar-refractivity contribution in [1.29, 1.82) is 5.41 Å². The fourth-order valence-corrected chi connectivity index (χ4v) is 8.00. The maximum Gasteiger partial charge on any atom is 0.336 e. The Morgan fingerprint density at radius 1 is 1.06 bits per heavy atom. The molecule has 62 heavy (non-hydrogen) atoms. The first kappa shape index (κ1) is 42.1. The van der Waals surface area contributed by atoms with Gasteiger partial charge in [0.1, 0.15) is 71.3 Å². The molecule has 0 aromatic heterocycles. The van der Waals surface area contributed by atoms with Crippen molar-refractivity contribution in [2.75, 3.05) is 13.2 Å². The van der Waals surface area contributed by atoms with Crippen LogP contribution in [0.25, 0.3) is 5.76 Å². The molecule has 19 nitrogen and oxygen atoms in total. The van der Waals surface area contributed by atoms with E-state index < -0.39 is 89.5 Å². The van der Waals surface area contributed by atoms with Crippen LogP contribution in [0.2, 0.25) is 0 Å². The molecule has 4 heterocycles. The van der Waals surface area contributed by atoms with E-state index in [1.54, 1.807) is 24.3 Å². The Balaban J connectivity index is 1.12. The zero-order chi connectivity index (χ0) is 44.1. The number of ether oxygens (including phenoxy) is 5. The zero-order valence-corrected chi connectivity index (χ0v) is 32.8. The van der Waals surface area contributed by atoms with Gasteiger partial charge in [-0.25, -0.2) is 14.8 Å². The van der Waals surface area contributed by atoms with E-state index >= 15 is 0 Å². The Labute approximate surface area is 352 Å². The summed E-state index contributed by atoms with van der Waals surface area (Å²) >= 11 is 0. The Morgan fingerprint density at radius 2 is 1.82 bits per heavy atom. The zero-order valence-electron chi connectivity index (χ0n) is 32.8. The van der Waals surface area contributed by atoms with Crippen molar-refractivity contribution < 1.29 is 74.4 Å². The molecule has 9 atom stereocenters. The maximum absolute atomic E-state index is 12.7. The first-order valence-corrected chi connectivity index (χ1v) is 19.4. The lowest BCUT2D eigenvalue weighted by Crippen LogP contribution is -2.78. The van der Waals surface area contributed by atoms with Crippen LogP contribution in [0.15, 0.2) is 93.9 Å². The van der Waals surface area contributed by atoms with Gasteiger partial charge in [0.25, 0.3) is 0 Å². The number of aliphatic hydroxyl groups excluding tert-OH is 4. The minimum absolute atomic E-state index is 0.000643. The van der Waals surface area contributed by atoms with Crippen molar-refractivity contribution in [3.05, 3.63) is 101 Å². The summed E-state index contributed by atoms with van der Waals surface area (Å²) in [5.41, 5.74) is -3.41. The minimum Gasteiger partial charge on any atom is -0.508 e. The summed E-state index contributed by atoms with van der Waals surface area (Å²) in [5, 5.41) is 107. The quantitative estimate of drug-likeness (QED) is 0.104. The van der Waals surface area contributed by atoms with Gasteiger partial charge in [-0.05, 0) is 65.6 Å². The predicted molar refractivity (Wildman–Crippen MR) is 218 cm³/mol. The first-order valence-electron chi connectivity index (χ1n) is 19.4. The highest BCUT2D eigenvalue weighted by molar-refractivity contribution is 6.15. The number of hydrogen-bond acceptors (Lipinski definition) is 17. The third-order valence-electron chi connectivity index (χ3n) is 11.2. The number of amidine groups is 1. The summed E-state index contributed by atoms with van der Waals surface area (Å²) in [6.07, 6.45) is -1.65. The number of carbonyl (C=O) groups is 1. The predicted octanol–water partition coefficient (Wildman–Crippen LogP) is 2.04. The third-order valence-corrected chi connectivity index (χ3v) is 11.2. The molecule has 0 radical (unpaired) electrons. The van der Waals surface area contributed by atoms with Gasteiger partial charge in [0.15, 0.2) is 29.3 Å².